The molecular weight excluding hydrogens is 708 g/mol. The van der Waals surface area contributed by atoms with Gasteiger partial charge in [0.05, 0.1) is 24.8 Å². The first-order valence-corrected chi connectivity index (χ1v) is 19.4. The minimum absolute atomic E-state index is 0.00933. The summed E-state index contributed by atoms with van der Waals surface area (Å²) in [6.07, 6.45) is 4.03. The topological polar surface area (TPSA) is 97.3 Å². The molecular formula is C47H49FN2O6. The molecule has 0 bridgehead atoms. The maximum absolute atomic E-state index is 14.5. The van der Waals surface area contributed by atoms with E-state index in [1.54, 1.807) is 11.0 Å². The lowest BCUT2D eigenvalue weighted by atomic mass is 9.76. The third-order valence-corrected chi connectivity index (χ3v) is 11.5. The number of esters is 1. The second kappa shape index (κ2) is 17.4. The van der Waals surface area contributed by atoms with Crippen LogP contribution in [0.25, 0.3) is 0 Å². The number of nitrogens with zero attached hydrogens (tertiary/aromatic N) is 1. The van der Waals surface area contributed by atoms with Crippen molar-refractivity contribution in [3.63, 3.8) is 0 Å². The molecule has 2 aliphatic rings. The number of phenolic OH excluding ortho intramolecular Hbond substituents is 1. The fourth-order valence-corrected chi connectivity index (χ4v) is 8.39. The van der Waals surface area contributed by atoms with Gasteiger partial charge in [-0.2, -0.15) is 0 Å². The molecule has 290 valence electrons. The van der Waals surface area contributed by atoms with Crippen molar-refractivity contribution in [3.8, 4) is 17.2 Å². The second-order valence-electron chi connectivity index (χ2n) is 15.0. The Hall–Kier alpha value is -5.67. The third-order valence-electron chi connectivity index (χ3n) is 11.5. The molecule has 56 heavy (non-hydrogen) atoms. The van der Waals surface area contributed by atoms with E-state index in [1.165, 1.54) is 13.2 Å². The number of rotatable bonds is 15. The van der Waals surface area contributed by atoms with Gasteiger partial charge >= 0.3 is 5.97 Å². The molecule has 1 heterocycles. The molecule has 7 rings (SSSR count). The molecule has 8 nitrogen and oxygen atoms in total. The normalized spacial score (nSPS) is 17.8. The van der Waals surface area contributed by atoms with E-state index in [0.717, 1.165) is 42.4 Å². The van der Waals surface area contributed by atoms with E-state index in [4.69, 9.17) is 14.2 Å². The van der Waals surface area contributed by atoms with Gasteiger partial charge in [-0.05, 0) is 83.9 Å². The smallest absolute Gasteiger partial charge is 0.326 e. The molecule has 0 spiro atoms. The lowest BCUT2D eigenvalue weighted by Crippen LogP contribution is -2.55. The maximum atomic E-state index is 14.5. The van der Waals surface area contributed by atoms with Crippen LogP contribution in [0.2, 0.25) is 0 Å². The fraction of sp³-hybridized carbons (Fsp3) is 0.319. The van der Waals surface area contributed by atoms with E-state index in [1.807, 2.05) is 78.9 Å². The van der Waals surface area contributed by atoms with Crippen molar-refractivity contribution < 1.29 is 33.3 Å². The summed E-state index contributed by atoms with van der Waals surface area (Å²) in [5.74, 6) is 0.322. The highest BCUT2D eigenvalue weighted by Gasteiger charge is 2.41. The number of ether oxygens (including phenoxy) is 3. The van der Waals surface area contributed by atoms with Crippen molar-refractivity contribution >= 4 is 11.9 Å². The summed E-state index contributed by atoms with van der Waals surface area (Å²) in [5.41, 5.74) is 2.65. The highest BCUT2D eigenvalue weighted by atomic mass is 19.1. The quantitative estimate of drug-likeness (QED) is 0.0817. The number of amides is 1. The summed E-state index contributed by atoms with van der Waals surface area (Å²) < 4.78 is 32.4. The molecule has 2 N–H and O–H groups in total. The van der Waals surface area contributed by atoms with Crippen LogP contribution in [0.15, 0.2) is 127 Å². The maximum Gasteiger partial charge on any atom is 0.326 e. The van der Waals surface area contributed by atoms with Crippen LogP contribution in [-0.4, -0.2) is 54.8 Å². The van der Waals surface area contributed by atoms with Gasteiger partial charge in [-0.15, -0.1) is 0 Å². The number of carbonyl (C=O) groups excluding carboxylic acids is 2. The molecule has 1 aliphatic heterocycles. The van der Waals surface area contributed by atoms with E-state index in [9.17, 15) is 19.1 Å². The van der Waals surface area contributed by atoms with Crippen molar-refractivity contribution in [1.29, 1.82) is 0 Å². The zero-order chi connectivity index (χ0) is 39.1. The Morgan fingerprint density at radius 2 is 1.36 bits per heavy atom. The first kappa shape index (κ1) is 38.6. The van der Waals surface area contributed by atoms with E-state index in [-0.39, 0.29) is 18.1 Å². The SMILES string of the molecule is COC(=O)[C@H](COc1cccc(OCC(C)C2CCC(CN3Cc4ccc(O)c(F)c4C3=O)CC2)c1)NC(c1ccccc1)(c1ccccc1)c1ccccc1. The minimum Gasteiger partial charge on any atom is -0.505 e. The molecule has 1 unspecified atom stereocenters. The van der Waals surface area contributed by atoms with E-state index >= 15 is 0 Å². The van der Waals surface area contributed by atoms with Crippen molar-refractivity contribution in [3.05, 3.63) is 161 Å². The number of aromatic hydroxyl groups is 1. The van der Waals surface area contributed by atoms with Crippen LogP contribution < -0.4 is 14.8 Å². The Labute approximate surface area is 328 Å². The van der Waals surface area contributed by atoms with Gasteiger partial charge in [0.15, 0.2) is 11.6 Å². The highest BCUT2D eigenvalue weighted by molar-refractivity contribution is 5.99. The molecule has 0 aromatic heterocycles. The molecule has 0 saturated heterocycles. The van der Waals surface area contributed by atoms with E-state index < -0.39 is 29.1 Å². The third kappa shape index (κ3) is 8.28. The number of benzene rings is 5. The zero-order valence-corrected chi connectivity index (χ0v) is 31.9. The number of hydrogen-bond donors (Lipinski definition) is 2. The largest absolute Gasteiger partial charge is 0.505 e. The molecule has 1 fully saturated rings. The summed E-state index contributed by atoms with van der Waals surface area (Å²) in [6, 6.07) is 39.9. The Morgan fingerprint density at radius 1 is 0.804 bits per heavy atom. The summed E-state index contributed by atoms with van der Waals surface area (Å²) in [7, 11) is 1.39. The molecule has 1 aliphatic carbocycles. The average molecular weight is 757 g/mol. The van der Waals surface area contributed by atoms with Crippen LogP contribution in [0, 0.1) is 23.6 Å². The molecule has 5 aromatic rings. The summed E-state index contributed by atoms with van der Waals surface area (Å²) in [6.45, 7) is 3.74. The van der Waals surface area contributed by atoms with Crippen molar-refractivity contribution in [2.24, 2.45) is 17.8 Å². The summed E-state index contributed by atoms with van der Waals surface area (Å²) >= 11 is 0. The molecule has 0 radical (unpaired) electrons. The number of fused-ring (bicyclic) bond motifs is 1. The Kier molecular flexibility index (Phi) is 12.0. The van der Waals surface area contributed by atoms with Crippen LogP contribution in [0.1, 0.15) is 65.2 Å². The molecule has 5 aromatic carbocycles. The number of carbonyl (C=O) groups is 2. The lowest BCUT2D eigenvalue weighted by molar-refractivity contribution is -0.144. The van der Waals surface area contributed by atoms with Gasteiger partial charge in [0, 0.05) is 19.2 Å². The number of nitrogens with one attached hydrogen (secondary N) is 1. The lowest BCUT2D eigenvalue weighted by Gasteiger charge is -2.39. The van der Waals surface area contributed by atoms with Gasteiger partial charge in [0.1, 0.15) is 24.1 Å². The summed E-state index contributed by atoms with van der Waals surface area (Å²) in [4.78, 5) is 28.1. The molecule has 1 amide bonds. The van der Waals surface area contributed by atoms with Crippen molar-refractivity contribution in [1.82, 2.24) is 10.2 Å². The average Bonchev–Trinajstić information content (AvgIpc) is 3.57. The standard InChI is InChI=1S/C47H49FN2O6/c1-32(34-23-21-33(22-24-34)28-50-29-35-25-26-42(51)44(48)43(35)45(50)52)30-55-39-19-12-20-40(27-39)56-31-41(46(53)54-2)49-47(36-13-6-3-7-14-36,37-15-8-4-9-16-37)38-17-10-5-11-18-38/h3-20,25-27,32-34,41,49,51H,21-24,28-31H2,1-2H3/t32?,33?,34?,41-/m0/s1. The van der Waals surface area contributed by atoms with Crippen LogP contribution in [0.4, 0.5) is 4.39 Å². The van der Waals surface area contributed by atoms with Crippen LogP contribution in [0.5, 0.6) is 17.2 Å². The highest BCUT2D eigenvalue weighted by Crippen LogP contribution is 2.39. The fourth-order valence-electron chi connectivity index (χ4n) is 8.39. The minimum atomic E-state index is -0.895. The van der Waals surface area contributed by atoms with Crippen LogP contribution in [-0.2, 0) is 21.6 Å². The first-order valence-electron chi connectivity index (χ1n) is 19.4. The van der Waals surface area contributed by atoms with Gasteiger partial charge in [-0.3, -0.25) is 14.9 Å². The second-order valence-corrected chi connectivity index (χ2v) is 15.0. The summed E-state index contributed by atoms with van der Waals surface area (Å²) in [5, 5.41) is 13.4. The van der Waals surface area contributed by atoms with Crippen LogP contribution in [0.3, 0.4) is 0 Å². The van der Waals surface area contributed by atoms with Crippen molar-refractivity contribution in [2.75, 3.05) is 26.9 Å². The Balaban J connectivity index is 0.969. The Morgan fingerprint density at radius 3 is 1.91 bits per heavy atom. The van der Waals surface area contributed by atoms with E-state index in [2.05, 4.69) is 48.6 Å². The predicted octanol–water partition coefficient (Wildman–Crippen LogP) is 8.51. The Bertz CT molecular complexity index is 1990. The zero-order valence-electron chi connectivity index (χ0n) is 31.9. The predicted molar refractivity (Wildman–Crippen MR) is 213 cm³/mol. The number of methoxy groups -OCH3 is 1. The van der Waals surface area contributed by atoms with Gasteiger partial charge in [0.25, 0.3) is 5.91 Å². The number of halogens is 1. The van der Waals surface area contributed by atoms with Gasteiger partial charge in [0.2, 0.25) is 0 Å². The van der Waals surface area contributed by atoms with E-state index in [0.29, 0.717) is 54.5 Å². The van der Waals surface area contributed by atoms with Crippen LogP contribution >= 0.6 is 0 Å². The monoisotopic (exact) mass is 756 g/mol. The van der Waals surface area contributed by atoms with Crippen molar-refractivity contribution in [2.45, 2.75) is 50.7 Å². The molecule has 2 atom stereocenters. The van der Waals surface area contributed by atoms with Gasteiger partial charge in [-0.1, -0.05) is 110 Å². The first-order chi connectivity index (χ1) is 27.3. The van der Waals surface area contributed by atoms with Gasteiger partial charge < -0.3 is 24.2 Å². The molecule has 9 heteroatoms. The molecule has 1 saturated carbocycles. The van der Waals surface area contributed by atoms with Gasteiger partial charge in [-0.25, -0.2) is 4.39 Å². The number of hydrogen-bond acceptors (Lipinski definition) is 7. The number of phenols is 1.